The molecule has 0 heterocycles. The second-order valence-electron chi connectivity index (χ2n) is 4.07. The first-order chi connectivity index (χ1) is 5.72. The molecule has 1 aliphatic rings. The molecule has 2 heteroatoms. The number of rotatable bonds is 4. The van der Waals surface area contributed by atoms with E-state index in [-0.39, 0.29) is 5.41 Å². The van der Waals surface area contributed by atoms with Gasteiger partial charge < -0.3 is 4.79 Å². The summed E-state index contributed by atoms with van der Waals surface area (Å²) in [7, 11) is 0. The van der Waals surface area contributed by atoms with E-state index in [1.807, 2.05) is 11.8 Å². The highest BCUT2D eigenvalue weighted by Gasteiger charge is 2.36. The molecule has 0 aromatic heterocycles. The summed E-state index contributed by atoms with van der Waals surface area (Å²) in [5.74, 6) is 1.89. The summed E-state index contributed by atoms with van der Waals surface area (Å²) >= 11 is 1.84. The largest absolute Gasteiger partial charge is 0.303 e. The van der Waals surface area contributed by atoms with E-state index in [1.165, 1.54) is 12.7 Å². The van der Waals surface area contributed by atoms with Crippen molar-refractivity contribution in [2.24, 2.45) is 11.3 Å². The van der Waals surface area contributed by atoms with Crippen molar-refractivity contribution in [3.63, 3.8) is 0 Å². The lowest BCUT2D eigenvalue weighted by Gasteiger charge is -2.21. The Morgan fingerprint density at radius 1 is 1.67 bits per heavy atom. The minimum atomic E-state index is 0.0580. The van der Waals surface area contributed by atoms with Gasteiger partial charge in [0.15, 0.2) is 0 Å². The normalized spacial score (nSPS) is 35.3. The fourth-order valence-electron chi connectivity index (χ4n) is 2.13. The Hall–Kier alpha value is 0.0200. The lowest BCUT2D eigenvalue weighted by atomic mass is 9.84. The van der Waals surface area contributed by atoms with Crippen molar-refractivity contribution >= 4 is 18.0 Å². The molecule has 0 spiro atoms. The van der Waals surface area contributed by atoms with Crippen LogP contribution in [0.2, 0.25) is 0 Å². The van der Waals surface area contributed by atoms with Crippen LogP contribution in [0.15, 0.2) is 0 Å². The molecule has 2 unspecified atom stereocenters. The average Bonchev–Trinajstić information content (AvgIpc) is 2.45. The first-order valence-electron chi connectivity index (χ1n) is 4.68. The van der Waals surface area contributed by atoms with E-state index < -0.39 is 0 Å². The first kappa shape index (κ1) is 10.1. The van der Waals surface area contributed by atoms with Crippen LogP contribution in [-0.4, -0.2) is 18.3 Å². The van der Waals surface area contributed by atoms with Crippen LogP contribution >= 0.6 is 11.8 Å². The van der Waals surface area contributed by atoms with Crippen molar-refractivity contribution in [3.05, 3.63) is 0 Å². The SMILES string of the molecule is CSCCC1(C=O)CCC(C)C1. The second kappa shape index (κ2) is 4.31. The highest BCUT2D eigenvalue weighted by molar-refractivity contribution is 7.98. The van der Waals surface area contributed by atoms with Gasteiger partial charge in [-0.05, 0) is 43.6 Å². The molecule has 0 aromatic rings. The van der Waals surface area contributed by atoms with Gasteiger partial charge in [-0.15, -0.1) is 0 Å². The molecule has 1 fully saturated rings. The summed E-state index contributed by atoms with van der Waals surface area (Å²) in [4.78, 5) is 11.0. The molecule has 0 bridgehead atoms. The predicted octanol–water partition coefficient (Wildman–Crippen LogP) is 2.74. The molecule has 1 rings (SSSR count). The maximum absolute atomic E-state index is 11.0. The molecule has 2 atom stereocenters. The summed E-state index contributed by atoms with van der Waals surface area (Å²) in [6.45, 7) is 2.25. The van der Waals surface area contributed by atoms with Gasteiger partial charge in [0, 0.05) is 5.41 Å². The topological polar surface area (TPSA) is 17.1 Å². The average molecular weight is 186 g/mol. The van der Waals surface area contributed by atoms with Gasteiger partial charge in [-0.3, -0.25) is 0 Å². The Morgan fingerprint density at radius 2 is 2.42 bits per heavy atom. The van der Waals surface area contributed by atoms with E-state index in [0.717, 1.165) is 30.9 Å². The standard InChI is InChI=1S/C10H18OS/c1-9-3-4-10(7-9,8-11)5-6-12-2/h8-9H,3-7H2,1-2H3. The summed E-state index contributed by atoms with van der Waals surface area (Å²) in [5.41, 5.74) is 0.0580. The van der Waals surface area contributed by atoms with E-state index in [4.69, 9.17) is 0 Å². The maximum Gasteiger partial charge on any atom is 0.126 e. The highest BCUT2D eigenvalue weighted by atomic mass is 32.2. The van der Waals surface area contributed by atoms with E-state index >= 15 is 0 Å². The molecular formula is C10H18OS. The molecule has 1 nitrogen and oxygen atoms in total. The van der Waals surface area contributed by atoms with Crippen molar-refractivity contribution in [1.82, 2.24) is 0 Å². The number of aldehydes is 1. The van der Waals surface area contributed by atoms with Crippen LogP contribution in [0, 0.1) is 11.3 Å². The van der Waals surface area contributed by atoms with Gasteiger partial charge in [-0.2, -0.15) is 11.8 Å². The van der Waals surface area contributed by atoms with Crippen LogP contribution in [-0.2, 0) is 4.79 Å². The van der Waals surface area contributed by atoms with E-state index in [9.17, 15) is 4.79 Å². The molecule has 0 saturated heterocycles. The minimum absolute atomic E-state index is 0.0580. The third-order valence-electron chi connectivity index (χ3n) is 2.94. The Bertz CT molecular complexity index is 158. The molecule has 0 aromatic carbocycles. The summed E-state index contributed by atoms with van der Waals surface area (Å²) in [6.07, 6.45) is 7.90. The number of hydrogen-bond acceptors (Lipinski definition) is 2. The summed E-state index contributed by atoms with van der Waals surface area (Å²) in [5, 5.41) is 0. The van der Waals surface area contributed by atoms with Gasteiger partial charge >= 0.3 is 0 Å². The first-order valence-corrected chi connectivity index (χ1v) is 6.07. The fourth-order valence-corrected chi connectivity index (χ4v) is 2.74. The highest BCUT2D eigenvalue weighted by Crippen LogP contribution is 2.42. The molecule has 0 radical (unpaired) electrons. The third kappa shape index (κ3) is 2.25. The fraction of sp³-hybridized carbons (Fsp3) is 0.900. The van der Waals surface area contributed by atoms with Gasteiger partial charge in [0.2, 0.25) is 0 Å². The molecule has 12 heavy (non-hydrogen) atoms. The Kier molecular flexibility index (Phi) is 3.63. The van der Waals surface area contributed by atoms with E-state index in [1.54, 1.807) is 0 Å². The summed E-state index contributed by atoms with van der Waals surface area (Å²) in [6, 6.07) is 0. The van der Waals surface area contributed by atoms with Crippen LogP contribution in [0.3, 0.4) is 0 Å². The zero-order chi connectivity index (χ0) is 9.03. The lowest BCUT2D eigenvalue weighted by molar-refractivity contribution is -0.116. The minimum Gasteiger partial charge on any atom is -0.303 e. The monoisotopic (exact) mass is 186 g/mol. The van der Waals surface area contributed by atoms with Crippen LogP contribution in [0.5, 0.6) is 0 Å². The smallest absolute Gasteiger partial charge is 0.126 e. The van der Waals surface area contributed by atoms with Gasteiger partial charge in [0.1, 0.15) is 6.29 Å². The van der Waals surface area contributed by atoms with E-state index in [2.05, 4.69) is 13.2 Å². The van der Waals surface area contributed by atoms with Gasteiger partial charge in [0.25, 0.3) is 0 Å². The number of carbonyl (C=O) groups is 1. The Morgan fingerprint density at radius 3 is 2.83 bits per heavy atom. The third-order valence-corrected chi connectivity index (χ3v) is 3.56. The van der Waals surface area contributed by atoms with Crippen molar-refractivity contribution in [3.8, 4) is 0 Å². The molecule has 0 N–H and O–H groups in total. The van der Waals surface area contributed by atoms with Crippen molar-refractivity contribution < 1.29 is 4.79 Å². The van der Waals surface area contributed by atoms with Crippen molar-refractivity contribution in [2.45, 2.75) is 32.6 Å². The quantitative estimate of drug-likeness (QED) is 0.628. The van der Waals surface area contributed by atoms with Crippen LogP contribution in [0.25, 0.3) is 0 Å². The number of hydrogen-bond donors (Lipinski definition) is 0. The number of thioether (sulfide) groups is 1. The lowest BCUT2D eigenvalue weighted by Crippen LogP contribution is -2.19. The zero-order valence-electron chi connectivity index (χ0n) is 8.01. The molecule has 0 amide bonds. The Balaban J connectivity index is 2.46. The Labute approximate surface area is 79.3 Å². The van der Waals surface area contributed by atoms with Crippen LogP contribution in [0.4, 0.5) is 0 Å². The van der Waals surface area contributed by atoms with Gasteiger partial charge in [-0.1, -0.05) is 6.92 Å². The molecule has 70 valence electrons. The van der Waals surface area contributed by atoms with Crippen LogP contribution in [0.1, 0.15) is 32.6 Å². The van der Waals surface area contributed by atoms with Gasteiger partial charge in [-0.25, -0.2) is 0 Å². The predicted molar refractivity (Wildman–Crippen MR) is 54.5 cm³/mol. The number of carbonyl (C=O) groups excluding carboxylic acids is 1. The summed E-state index contributed by atoms with van der Waals surface area (Å²) < 4.78 is 0. The molecule has 0 aliphatic heterocycles. The molecule has 1 saturated carbocycles. The molecular weight excluding hydrogens is 168 g/mol. The van der Waals surface area contributed by atoms with Crippen LogP contribution < -0.4 is 0 Å². The second-order valence-corrected chi connectivity index (χ2v) is 5.06. The van der Waals surface area contributed by atoms with Crippen molar-refractivity contribution in [1.29, 1.82) is 0 Å². The zero-order valence-corrected chi connectivity index (χ0v) is 8.82. The van der Waals surface area contributed by atoms with Crippen molar-refractivity contribution in [2.75, 3.05) is 12.0 Å². The maximum atomic E-state index is 11.0. The van der Waals surface area contributed by atoms with Gasteiger partial charge in [0.05, 0.1) is 0 Å². The van der Waals surface area contributed by atoms with E-state index in [0.29, 0.717) is 0 Å². The molecule has 1 aliphatic carbocycles.